The first-order chi connectivity index (χ1) is 21.6. The van der Waals surface area contributed by atoms with Crippen LogP contribution in [0.2, 0.25) is 0 Å². The smallest absolute Gasteiger partial charge is 0.306 e. The molecule has 0 amide bonds. The Morgan fingerprint density at radius 3 is 1.48 bits per heavy atom. The highest BCUT2D eigenvalue weighted by Crippen LogP contribution is 2.18. The molecule has 0 rings (SSSR count). The number of carbonyl (C=O) groups is 2. The van der Waals surface area contributed by atoms with E-state index < -0.39 is 5.97 Å². The van der Waals surface area contributed by atoms with Crippen LogP contribution in [0.4, 0.5) is 0 Å². The van der Waals surface area contributed by atoms with Crippen LogP contribution in [-0.2, 0) is 14.3 Å². The van der Waals surface area contributed by atoms with E-state index in [-0.39, 0.29) is 18.5 Å². The fraction of sp³-hybridized carbons (Fsp3) is 0.700. The number of carbonyl (C=O) groups excluding carboxylic acids is 1. The Morgan fingerprint density at radius 1 is 0.523 bits per heavy atom. The van der Waals surface area contributed by atoms with Gasteiger partial charge in [0.1, 0.15) is 6.10 Å². The van der Waals surface area contributed by atoms with Crippen LogP contribution in [0.1, 0.15) is 174 Å². The van der Waals surface area contributed by atoms with E-state index >= 15 is 0 Å². The van der Waals surface area contributed by atoms with Crippen molar-refractivity contribution in [2.45, 2.75) is 180 Å². The van der Waals surface area contributed by atoms with Gasteiger partial charge in [0, 0.05) is 12.8 Å². The highest BCUT2D eigenvalue weighted by molar-refractivity contribution is 5.69. The zero-order valence-electron chi connectivity index (χ0n) is 28.7. The molecule has 0 saturated carbocycles. The van der Waals surface area contributed by atoms with Gasteiger partial charge < -0.3 is 9.84 Å². The van der Waals surface area contributed by atoms with E-state index in [9.17, 15) is 9.59 Å². The highest BCUT2D eigenvalue weighted by Gasteiger charge is 2.14. The van der Waals surface area contributed by atoms with Gasteiger partial charge in [-0.2, -0.15) is 0 Å². The monoisotopic (exact) mass is 613 g/mol. The van der Waals surface area contributed by atoms with E-state index in [1.807, 2.05) is 0 Å². The molecule has 0 fully saturated rings. The number of carboxylic acids is 1. The van der Waals surface area contributed by atoms with Crippen molar-refractivity contribution in [2.75, 3.05) is 0 Å². The molecule has 4 heteroatoms. The van der Waals surface area contributed by atoms with Gasteiger partial charge in [0.2, 0.25) is 0 Å². The summed E-state index contributed by atoms with van der Waals surface area (Å²) in [6.07, 6.45) is 48.3. The quantitative estimate of drug-likeness (QED) is 0.0466. The molecule has 4 nitrogen and oxygen atoms in total. The van der Waals surface area contributed by atoms with Crippen molar-refractivity contribution in [3.8, 4) is 0 Å². The number of allylic oxidation sites excluding steroid dienone is 10. The fourth-order valence-electron chi connectivity index (χ4n) is 5.09. The molecular formula is C40H68O4. The number of esters is 1. The lowest BCUT2D eigenvalue weighted by Gasteiger charge is -2.18. The Balaban J connectivity index is 3.80. The SMILES string of the molecule is CC/C=C\C/C=C\C/C=C\C/C=C\C/C=C\CCCCCCCC(=O)OC(CCCCC)CCCCCCCCCC(=O)O. The van der Waals surface area contributed by atoms with Crippen molar-refractivity contribution in [1.29, 1.82) is 0 Å². The predicted octanol–water partition coefficient (Wildman–Crippen LogP) is 12.6. The number of ether oxygens (including phenoxy) is 1. The Kier molecular flexibility index (Phi) is 33.2. The van der Waals surface area contributed by atoms with Gasteiger partial charge in [-0.15, -0.1) is 0 Å². The molecule has 252 valence electrons. The number of carboxylic acid groups (broad SMARTS) is 1. The van der Waals surface area contributed by atoms with Crippen LogP contribution in [0.3, 0.4) is 0 Å². The number of unbranched alkanes of at least 4 members (excludes halogenated alkanes) is 13. The van der Waals surface area contributed by atoms with Crippen LogP contribution in [0.5, 0.6) is 0 Å². The van der Waals surface area contributed by atoms with Gasteiger partial charge in [0.25, 0.3) is 0 Å². The van der Waals surface area contributed by atoms with Gasteiger partial charge in [-0.3, -0.25) is 9.59 Å². The van der Waals surface area contributed by atoms with E-state index in [4.69, 9.17) is 9.84 Å². The third-order valence-corrected chi connectivity index (χ3v) is 7.75. The van der Waals surface area contributed by atoms with E-state index in [1.165, 1.54) is 51.4 Å². The first-order valence-electron chi connectivity index (χ1n) is 18.3. The largest absolute Gasteiger partial charge is 0.481 e. The minimum absolute atomic E-state index is 0.0105. The van der Waals surface area contributed by atoms with Crippen LogP contribution in [0, 0.1) is 0 Å². The molecular weight excluding hydrogens is 544 g/mol. The molecule has 0 spiro atoms. The highest BCUT2D eigenvalue weighted by atomic mass is 16.5. The zero-order valence-corrected chi connectivity index (χ0v) is 28.7. The second-order valence-corrected chi connectivity index (χ2v) is 12.0. The van der Waals surface area contributed by atoms with Gasteiger partial charge in [-0.25, -0.2) is 0 Å². The lowest BCUT2D eigenvalue weighted by Crippen LogP contribution is -2.18. The maximum atomic E-state index is 12.5. The molecule has 1 atom stereocenters. The topological polar surface area (TPSA) is 63.6 Å². The van der Waals surface area contributed by atoms with Crippen LogP contribution >= 0.6 is 0 Å². The fourth-order valence-corrected chi connectivity index (χ4v) is 5.09. The van der Waals surface area contributed by atoms with Gasteiger partial charge >= 0.3 is 11.9 Å². The van der Waals surface area contributed by atoms with E-state index in [1.54, 1.807) is 0 Å². The van der Waals surface area contributed by atoms with Crippen molar-refractivity contribution in [3.05, 3.63) is 60.8 Å². The van der Waals surface area contributed by atoms with Gasteiger partial charge in [0.15, 0.2) is 0 Å². The first kappa shape index (κ1) is 41.6. The lowest BCUT2D eigenvalue weighted by molar-refractivity contribution is -0.150. The third kappa shape index (κ3) is 34.1. The molecule has 44 heavy (non-hydrogen) atoms. The van der Waals surface area contributed by atoms with Crippen molar-refractivity contribution >= 4 is 11.9 Å². The second-order valence-electron chi connectivity index (χ2n) is 12.0. The number of rotatable bonds is 32. The molecule has 0 saturated heterocycles. The lowest BCUT2D eigenvalue weighted by atomic mass is 10.0. The molecule has 0 radical (unpaired) electrons. The van der Waals surface area contributed by atoms with Gasteiger partial charge in [-0.1, -0.05) is 139 Å². The van der Waals surface area contributed by atoms with Crippen LogP contribution in [0.25, 0.3) is 0 Å². The first-order valence-corrected chi connectivity index (χ1v) is 18.3. The molecule has 0 heterocycles. The molecule has 1 N–H and O–H groups in total. The Morgan fingerprint density at radius 2 is 0.955 bits per heavy atom. The molecule has 0 aliphatic heterocycles. The minimum atomic E-state index is -0.693. The summed E-state index contributed by atoms with van der Waals surface area (Å²) in [5.74, 6) is -0.703. The van der Waals surface area contributed by atoms with Crippen LogP contribution < -0.4 is 0 Å². The van der Waals surface area contributed by atoms with E-state index in [0.29, 0.717) is 6.42 Å². The maximum Gasteiger partial charge on any atom is 0.306 e. The van der Waals surface area contributed by atoms with Crippen LogP contribution in [-0.4, -0.2) is 23.1 Å². The Hall–Kier alpha value is -2.36. The summed E-state index contributed by atoms with van der Waals surface area (Å²) in [7, 11) is 0. The van der Waals surface area contributed by atoms with Crippen LogP contribution in [0.15, 0.2) is 60.8 Å². The molecule has 0 aromatic heterocycles. The van der Waals surface area contributed by atoms with E-state index in [2.05, 4.69) is 74.6 Å². The van der Waals surface area contributed by atoms with Crippen molar-refractivity contribution in [3.63, 3.8) is 0 Å². The third-order valence-electron chi connectivity index (χ3n) is 7.75. The van der Waals surface area contributed by atoms with Crippen molar-refractivity contribution < 1.29 is 19.4 Å². The summed E-state index contributed by atoms with van der Waals surface area (Å²) >= 11 is 0. The molecule has 0 aromatic carbocycles. The normalized spacial score (nSPS) is 13.0. The number of aliphatic carboxylic acids is 1. The predicted molar refractivity (Wildman–Crippen MR) is 190 cm³/mol. The average Bonchev–Trinajstić information content (AvgIpc) is 3.00. The second kappa shape index (κ2) is 35.1. The van der Waals surface area contributed by atoms with Gasteiger partial charge in [0.05, 0.1) is 0 Å². The summed E-state index contributed by atoms with van der Waals surface area (Å²) in [5.41, 5.74) is 0. The standard InChI is InChI=1S/C40H68O4/c1-3-5-7-8-9-10-11-12-13-14-15-16-17-18-19-20-21-22-26-29-33-37-40(43)44-38(34-30-6-4-2)35-31-27-24-23-25-28-32-36-39(41)42/h5,7,9-10,12-13,15-16,18-19,38H,3-4,6,8,11,14,17,20-37H2,1-2H3,(H,41,42)/b7-5-,10-9-,13-12-,16-15-,19-18-. The molecule has 1 unspecified atom stereocenters. The molecule has 0 aliphatic rings. The molecule has 0 aromatic rings. The molecule has 0 bridgehead atoms. The summed E-state index contributed by atoms with van der Waals surface area (Å²) in [6.45, 7) is 4.37. The number of hydrogen-bond acceptors (Lipinski definition) is 3. The van der Waals surface area contributed by atoms with Gasteiger partial charge in [-0.05, 0) is 83.5 Å². The Bertz CT molecular complexity index is 789. The zero-order chi connectivity index (χ0) is 32.2. The number of hydrogen-bond donors (Lipinski definition) is 1. The summed E-state index contributed by atoms with van der Waals surface area (Å²) in [6, 6.07) is 0. The Labute approximate surface area is 272 Å². The van der Waals surface area contributed by atoms with E-state index in [0.717, 1.165) is 96.3 Å². The minimum Gasteiger partial charge on any atom is -0.481 e. The van der Waals surface area contributed by atoms with Crippen molar-refractivity contribution in [2.24, 2.45) is 0 Å². The molecule has 0 aliphatic carbocycles. The summed E-state index contributed by atoms with van der Waals surface area (Å²) in [5, 5.41) is 8.71. The van der Waals surface area contributed by atoms with Crippen molar-refractivity contribution in [1.82, 2.24) is 0 Å². The maximum absolute atomic E-state index is 12.5. The average molecular weight is 613 g/mol. The summed E-state index contributed by atoms with van der Waals surface area (Å²) in [4.78, 5) is 23.1. The summed E-state index contributed by atoms with van der Waals surface area (Å²) < 4.78 is 5.91.